The molecule has 2 aromatic heterocycles. The molecule has 0 aromatic carbocycles. The predicted molar refractivity (Wildman–Crippen MR) is 58.3 cm³/mol. The number of fused-ring (bicyclic) bond motifs is 1. The van der Waals surface area contributed by atoms with Gasteiger partial charge in [0.15, 0.2) is 5.65 Å². The van der Waals surface area contributed by atoms with Crippen LogP contribution in [-0.2, 0) is 0 Å². The Morgan fingerprint density at radius 1 is 1.33 bits per heavy atom. The zero-order valence-corrected chi connectivity index (χ0v) is 9.30. The van der Waals surface area contributed by atoms with Crippen LogP contribution in [0.2, 0.25) is 0 Å². The molecule has 2 rings (SSSR count). The first-order chi connectivity index (χ1) is 8.49. The van der Waals surface area contributed by atoms with Gasteiger partial charge in [0.25, 0.3) is 0 Å². The molecule has 2 heterocycles. The van der Waals surface area contributed by atoms with Crippen LogP contribution in [-0.4, -0.2) is 45.6 Å². The minimum absolute atomic E-state index is 0.128. The minimum Gasteiger partial charge on any atom is -0.395 e. The Hall–Kier alpha value is -1.83. The summed E-state index contributed by atoms with van der Waals surface area (Å²) in [4.78, 5) is 5.03. The van der Waals surface area contributed by atoms with Crippen molar-refractivity contribution in [1.82, 2.24) is 14.6 Å². The van der Waals surface area contributed by atoms with Crippen molar-refractivity contribution in [2.24, 2.45) is 0 Å². The number of rotatable bonds is 4. The number of aliphatic hydroxyl groups is 1. The standard InChI is InChI=1S/C10H11F3N4O/c11-10(12,13)7-16(5-6-18)8-2-4-17-9(15-8)1-3-14-17/h1-4,18H,5-7H2. The summed E-state index contributed by atoms with van der Waals surface area (Å²) in [6, 6.07) is 3.02. The average molecular weight is 260 g/mol. The van der Waals surface area contributed by atoms with E-state index < -0.39 is 12.7 Å². The lowest BCUT2D eigenvalue weighted by atomic mass is 10.4. The SMILES string of the molecule is OCCN(CC(F)(F)F)c1ccn2nccc2n1. The Balaban J connectivity index is 2.28. The molecule has 2 aromatic rings. The van der Waals surface area contributed by atoms with Crippen LogP contribution in [0.1, 0.15) is 0 Å². The number of aromatic nitrogens is 3. The fourth-order valence-electron chi connectivity index (χ4n) is 1.59. The zero-order valence-electron chi connectivity index (χ0n) is 9.30. The van der Waals surface area contributed by atoms with Crippen molar-refractivity contribution in [2.45, 2.75) is 6.18 Å². The number of alkyl halides is 3. The van der Waals surface area contributed by atoms with E-state index in [4.69, 9.17) is 5.11 Å². The topological polar surface area (TPSA) is 53.7 Å². The summed E-state index contributed by atoms with van der Waals surface area (Å²) in [6.45, 7) is -1.65. The molecular formula is C10H11F3N4O. The summed E-state index contributed by atoms with van der Waals surface area (Å²) in [7, 11) is 0. The van der Waals surface area contributed by atoms with Crippen molar-refractivity contribution in [2.75, 3.05) is 24.6 Å². The van der Waals surface area contributed by atoms with Crippen LogP contribution in [0.5, 0.6) is 0 Å². The summed E-state index contributed by atoms with van der Waals surface area (Å²) >= 11 is 0. The van der Waals surface area contributed by atoms with Gasteiger partial charge in [-0.2, -0.15) is 18.3 Å². The van der Waals surface area contributed by atoms with Gasteiger partial charge in [0.1, 0.15) is 12.4 Å². The molecule has 0 unspecified atom stereocenters. The summed E-state index contributed by atoms with van der Waals surface area (Å²) < 4.78 is 38.7. The lowest BCUT2D eigenvalue weighted by Gasteiger charge is -2.23. The molecule has 0 saturated heterocycles. The second kappa shape index (κ2) is 4.81. The van der Waals surface area contributed by atoms with E-state index in [1.165, 1.54) is 23.0 Å². The van der Waals surface area contributed by atoms with Crippen molar-refractivity contribution in [3.8, 4) is 0 Å². The van der Waals surface area contributed by atoms with Gasteiger partial charge in [-0.1, -0.05) is 0 Å². The van der Waals surface area contributed by atoms with E-state index in [0.29, 0.717) is 5.65 Å². The predicted octanol–water partition coefficient (Wildman–Crippen LogP) is 1.09. The number of halogens is 3. The van der Waals surface area contributed by atoms with E-state index in [2.05, 4.69) is 10.1 Å². The lowest BCUT2D eigenvalue weighted by Crippen LogP contribution is -2.36. The summed E-state index contributed by atoms with van der Waals surface area (Å²) in [5.41, 5.74) is 0.456. The summed E-state index contributed by atoms with van der Waals surface area (Å²) in [5, 5.41) is 12.7. The molecule has 0 aliphatic rings. The number of hydrogen-bond donors (Lipinski definition) is 1. The van der Waals surface area contributed by atoms with Crippen LogP contribution < -0.4 is 4.90 Å². The number of aliphatic hydroxyl groups excluding tert-OH is 1. The Bertz CT molecular complexity index is 525. The molecule has 0 radical (unpaired) electrons. The summed E-state index contributed by atoms with van der Waals surface area (Å²) in [6.07, 6.45) is -1.31. The van der Waals surface area contributed by atoms with Crippen molar-refractivity contribution >= 4 is 11.5 Å². The first-order valence-corrected chi connectivity index (χ1v) is 5.22. The molecule has 1 N–H and O–H groups in total. The van der Waals surface area contributed by atoms with Gasteiger partial charge in [0.05, 0.1) is 12.8 Å². The molecule has 0 spiro atoms. The van der Waals surface area contributed by atoms with Crippen LogP contribution in [0.15, 0.2) is 24.5 Å². The normalized spacial score (nSPS) is 12.0. The van der Waals surface area contributed by atoms with Crippen molar-refractivity contribution in [3.63, 3.8) is 0 Å². The van der Waals surface area contributed by atoms with Gasteiger partial charge < -0.3 is 10.0 Å². The molecule has 0 aliphatic carbocycles. The van der Waals surface area contributed by atoms with Gasteiger partial charge in [-0.15, -0.1) is 0 Å². The zero-order chi connectivity index (χ0) is 13.2. The van der Waals surface area contributed by atoms with Crippen LogP contribution in [0, 0.1) is 0 Å². The van der Waals surface area contributed by atoms with E-state index >= 15 is 0 Å². The molecule has 8 heteroatoms. The first-order valence-electron chi connectivity index (χ1n) is 5.22. The van der Waals surface area contributed by atoms with Crippen LogP contribution in [0.25, 0.3) is 5.65 Å². The Morgan fingerprint density at radius 3 is 2.78 bits per heavy atom. The molecule has 0 saturated carbocycles. The first kappa shape index (κ1) is 12.6. The Kier molecular flexibility index (Phi) is 3.37. The molecule has 0 bridgehead atoms. The number of hydrogen-bond acceptors (Lipinski definition) is 4. The second-order valence-electron chi connectivity index (χ2n) is 3.68. The van der Waals surface area contributed by atoms with E-state index in [-0.39, 0.29) is 19.0 Å². The average Bonchev–Trinajstić information content (AvgIpc) is 2.73. The molecule has 0 amide bonds. The number of anilines is 1. The van der Waals surface area contributed by atoms with Crippen molar-refractivity contribution in [3.05, 3.63) is 24.5 Å². The van der Waals surface area contributed by atoms with E-state index in [0.717, 1.165) is 4.90 Å². The smallest absolute Gasteiger partial charge is 0.395 e. The minimum atomic E-state index is -4.34. The number of nitrogens with zero attached hydrogens (tertiary/aromatic N) is 4. The molecule has 0 fully saturated rings. The second-order valence-corrected chi connectivity index (χ2v) is 3.68. The van der Waals surface area contributed by atoms with Crippen LogP contribution in [0.3, 0.4) is 0 Å². The van der Waals surface area contributed by atoms with Gasteiger partial charge in [-0.25, -0.2) is 9.50 Å². The molecule has 5 nitrogen and oxygen atoms in total. The highest BCUT2D eigenvalue weighted by molar-refractivity contribution is 5.47. The molecule has 18 heavy (non-hydrogen) atoms. The lowest BCUT2D eigenvalue weighted by molar-refractivity contribution is -0.119. The highest BCUT2D eigenvalue weighted by Gasteiger charge is 2.31. The van der Waals surface area contributed by atoms with E-state index in [9.17, 15) is 13.2 Å². The van der Waals surface area contributed by atoms with Gasteiger partial charge in [0, 0.05) is 18.8 Å². The third-order valence-corrected chi connectivity index (χ3v) is 2.31. The third kappa shape index (κ3) is 2.89. The molecule has 0 atom stereocenters. The third-order valence-electron chi connectivity index (χ3n) is 2.31. The molecule has 98 valence electrons. The van der Waals surface area contributed by atoms with Crippen LogP contribution in [0.4, 0.5) is 19.0 Å². The maximum absolute atomic E-state index is 12.4. The highest BCUT2D eigenvalue weighted by atomic mass is 19.4. The fourth-order valence-corrected chi connectivity index (χ4v) is 1.59. The largest absolute Gasteiger partial charge is 0.405 e. The van der Waals surface area contributed by atoms with Crippen molar-refractivity contribution in [1.29, 1.82) is 0 Å². The quantitative estimate of drug-likeness (QED) is 0.894. The van der Waals surface area contributed by atoms with Gasteiger partial charge in [-0.05, 0) is 6.07 Å². The van der Waals surface area contributed by atoms with Gasteiger partial charge in [0.2, 0.25) is 0 Å². The maximum atomic E-state index is 12.4. The van der Waals surface area contributed by atoms with Crippen molar-refractivity contribution < 1.29 is 18.3 Å². The van der Waals surface area contributed by atoms with Crippen LogP contribution >= 0.6 is 0 Å². The molecule has 0 aliphatic heterocycles. The van der Waals surface area contributed by atoms with Gasteiger partial charge >= 0.3 is 6.18 Å². The monoisotopic (exact) mass is 260 g/mol. The highest BCUT2D eigenvalue weighted by Crippen LogP contribution is 2.20. The molecular weight excluding hydrogens is 249 g/mol. The maximum Gasteiger partial charge on any atom is 0.405 e. The van der Waals surface area contributed by atoms with Gasteiger partial charge in [-0.3, -0.25) is 0 Å². The Morgan fingerprint density at radius 2 is 2.11 bits per heavy atom. The van der Waals surface area contributed by atoms with E-state index in [1.807, 2.05) is 0 Å². The Labute approximate surface area is 100 Å². The summed E-state index contributed by atoms with van der Waals surface area (Å²) in [5.74, 6) is 0.161. The van der Waals surface area contributed by atoms with E-state index in [1.54, 1.807) is 6.07 Å². The fraction of sp³-hybridized carbons (Fsp3) is 0.400.